The van der Waals surface area contributed by atoms with E-state index >= 15 is 0 Å². The van der Waals surface area contributed by atoms with Gasteiger partial charge in [-0.1, -0.05) is 0 Å². The fourth-order valence-corrected chi connectivity index (χ4v) is 2.28. The molecule has 2 aliphatic heterocycles. The Balaban J connectivity index is 1.80. The van der Waals surface area contributed by atoms with Gasteiger partial charge in [-0.25, -0.2) is 0 Å². The number of piperidine rings is 2. The molecule has 0 saturated carbocycles. The van der Waals surface area contributed by atoms with Gasteiger partial charge in [-0.2, -0.15) is 0 Å². The molecule has 0 aromatic rings. The standard InChI is InChI=1S/C10H19N2/c1-2-7-12(8-3-1)10-5-4-6-11-9-10/h1,10-11H,2-9H2. The zero-order chi connectivity index (χ0) is 8.23. The highest BCUT2D eigenvalue weighted by Gasteiger charge is 2.21. The van der Waals surface area contributed by atoms with E-state index < -0.39 is 0 Å². The third-order valence-corrected chi connectivity index (χ3v) is 3.03. The molecule has 0 bridgehead atoms. The van der Waals surface area contributed by atoms with E-state index in [0.29, 0.717) is 0 Å². The van der Waals surface area contributed by atoms with Crippen LogP contribution in [0.2, 0.25) is 0 Å². The first-order valence-corrected chi connectivity index (χ1v) is 5.23. The van der Waals surface area contributed by atoms with Crippen LogP contribution in [0.5, 0.6) is 0 Å². The van der Waals surface area contributed by atoms with E-state index in [1.165, 1.54) is 51.9 Å². The molecule has 1 N–H and O–H groups in total. The largest absolute Gasteiger partial charge is 0.315 e. The Morgan fingerprint density at radius 3 is 2.75 bits per heavy atom. The maximum atomic E-state index is 3.48. The molecule has 0 spiro atoms. The van der Waals surface area contributed by atoms with E-state index in [2.05, 4.69) is 16.6 Å². The summed E-state index contributed by atoms with van der Waals surface area (Å²) in [7, 11) is 0. The summed E-state index contributed by atoms with van der Waals surface area (Å²) < 4.78 is 0. The van der Waals surface area contributed by atoms with Crippen LogP contribution in [-0.2, 0) is 0 Å². The molecule has 2 fully saturated rings. The molecule has 0 aromatic heterocycles. The zero-order valence-electron chi connectivity index (χ0n) is 7.76. The highest BCUT2D eigenvalue weighted by Crippen LogP contribution is 2.15. The number of hydrogen-bond acceptors (Lipinski definition) is 2. The molecule has 0 aromatic carbocycles. The maximum absolute atomic E-state index is 3.48. The smallest absolute Gasteiger partial charge is 0.0221 e. The second-order valence-corrected chi connectivity index (χ2v) is 3.90. The molecule has 2 aliphatic rings. The highest BCUT2D eigenvalue weighted by molar-refractivity contribution is 4.84. The zero-order valence-corrected chi connectivity index (χ0v) is 7.76. The summed E-state index contributed by atoms with van der Waals surface area (Å²) in [4.78, 5) is 2.66. The summed E-state index contributed by atoms with van der Waals surface area (Å²) >= 11 is 0. The van der Waals surface area contributed by atoms with Gasteiger partial charge in [-0.05, 0) is 51.7 Å². The molecule has 2 saturated heterocycles. The average molecular weight is 167 g/mol. The van der Waals surface area contributed by atoms with Gasteiger partial charge in [-0.15, -0.1) is 0 Å². The molecule has 0 aliphatic carbocycles. The van der Waals surface area contributed by atoms with Gasteiger partial charge in [-0.3, -0.25) is 4.90 Å². The minimum Gasteiger partial charge on any atom is -0.315 e. The van der Waals surface area contributed by atoms with Gasteiger partial charge in [0, 0.05) is 12.6 Å². The van der Waals surface area contributed by atoms with Crippen LogP contribution in [-0.4, -0.2) is 37.1 Å². The fraction of sp³-hybridized carbons (Fsp3) is 0.900. The van der Waals surface area contributed by atoms with Crippen molar-refractivity contribution in [2.45, 2.75) is 31.7 Å². The van der Waals surface area contributed by atoms with Gasteiger partial charge < -0.3 is 5.32 Å². The summed E-state index contributed by atoms with van der Waals surface area (Å²) in [6, 6.07) is 0.840. The molecule has 2 nitrogen and oxygen atoms in total. The molecular formula is C10H19N2. The van der Waals surface area contributed by atoms with Gasteiger partial charge in [0.2, 0.25) is 0 Å². The molecular weight excluding hydrogens is 148 g/mol. The normalized spacial score (nSPS) is 33.5. The first-order chi connectivity index (χ1) is 5.97. The van der Waals surface area contributed by atoms with Crippen molar-refractivity contribution in [1.82, 2.24) is 10.2 Å². The topological polar surface area (TPSA) is 15.3 Å². The van der Waals surface area contributed by atoms with Crippen LogP contribution in [0.15, 0.2) is 0 Å². The second-order valence-electron chi connectivity index (χ2n) is 3.90. The molecule has 1 atom stereocenters. The van der Waals surface area contributed by atoms with E-state index in [-0.39, 0.29) is 0 Å². The number of rotatable bonds is 1. The predicted octanol–water partition coefficient (Wildman–Crippen LogP) is 1.04. The van der Waals surface area contributed by atoms with Crippen molar-refractivity contribution in [3.63, 3.8) is 0 Å². The lowest BCUT2D eigenvalue weighted by atomic mass is 10.0. The Morgan fingerprint density at radius 2 is 2.08 bits per heavy atom. The molecule has 1 radical (unpaired) electrons. The minimum absolute atomic E-state index is 0.840. The third-order valence-electron chi connectivity index (χ3n) is 3.03. The van der Waals surface area contributed by atoms with Crippen molar-refractivity contribution < 1.29 is 0 Å². The summed E-state index contributed by atoms with van der Waals surface area (Å²) in [5.74, 6) is 0. The minimum atomic E-state index is 0.840. The van der Waals surface area contributed by atoms with Crippen molar-refractivity contribution >= 4 is 0 Å². The monoisotopic (exact) mass is 167 g/mol. The van der Waals surface area contributed by atoms with Gasteiger partial charge in [0.05, 0.1) is 0 Å². The average Bonchev–Trinajstić information content (AvgIpc) is 2.21. The summed E-state index contributed by atoms with van der Waals surface area (Å²) in [5.41, 5.74) is 0. The number of likely N-dealkylation sites (tertiary alicyclic amines) is 1. The maximum Gasteiger partial charge on any atom is 0.0221 e. The molecule has 69 valence electrons. The second kappa shape index (κ2) is 4.24. The van der Waals surface area contributed by atoms with Gasteiger partial charge in [0.15, 0.2) is 0 Å². The molecule has 2 heterocycles. The first kappa shape index (κ1) is 8.52. The quantitative estimate of drug-likeness (QED) is 0.627. The Bertz CT molecular complexity index is 108. The third kappa shape index (κ3) is 1.99. The van der Waals surface area contributed by atoms with Crippen molar-refractivity contribution in [2.24, 2.45) is 0 Å². The van der Waals surface area contributed by atoms with E-state index in [1.54, 1.807) is 0 Å². The van der Waals surface area contributed by atoms with Crippen molar-refractivity contribution in [1.29, 1.82) is 0 Å². The van der Waals surface area contributed by atoms with E-state index in [9.17, 15) is 0 Å². The number of nitrogens with one attached hydrogen (secondary N) is 1. The summed E-state index contributed by atoms with van der Waals surface area (Å²) in [6.07, 6.45) is 7.80. The molecule has 1 unspecified atom stereocenters. The fourth-order valence-electron chi connectivity index (χ4n) is 2.28. The van der Waals surface area contributed by atoms with Crippen LogP contribution in [0.4, 0.5) is 0 Å². The van der Waals surface area contributed by atoms with Crippen LogP contribution in [0.25, 0.3) is 0 Å². The van der Waals surface area contributed by atoms with Crippen LogP contribution in [0.3, 0.4) is 0 Å². The SMILES string of the molecule is [CH]1CCN(C2CCCNC2)CC1. The van der Waals surface area contributed by atoms with Crippen molar-refractivity contribution in [2.75, 3.05) is 26.2 Å². The Labute approximate surface area is 75.3 Å². The Morgan fingerprint density at radius 1 is 1.25 bits per heavy atom. The number of nitrogens with zero attached hydrogens (tertiary/aromatic N) is 1. The lowest BCUT2D eigenvalue weighted by molar-refractivity contribution is 0.154. The molecule has 2 rings (SSSR count). The van der Waals surface area contributed by atoms with Crippen molar-refractivity contribution in [3.8, 4) is 0 Å². The van der Waals surface area contributed by atoms with Gasteiger partial charge >= 0.3 is 0 Å². The van der Waals surface area contributed by atoms with Gasteiger partial charge in [0.1, 0.15) is 0 Å². The Hall–Kier alpha value is -0.0800. The van der Waals surface area contributed by atoms with E-state index in [1.807, 2.05) is 0 Å². The van der Waals surface area contributed by atoms with Crippen LogP contribution < -0.4 is 5.32 Å². The Kier molecular flexibility index (Phi) is 3.01. The van der Waals surface area contributed by atoms with Crippen LogP contribution in [0.1, 0.15) is 25.7 Å². The summed E-state index contributed by atoms with van der Waals surface area (Å²) in [5, 5.41) is 3.48. The molecule has 0 amide bonds. The molecule has 12 heavy (non-hydrogen) atoms. The lowest BCUT2D eigenvalue weighted by Crippen LogP contribution is -2.47. The van der Waals surface area contributed by atoms with Gasteiger partial charge in [0.25, 0.3) is 0 Å². The highest BCUT2D eigenvalue weighted by atomic mass is 15.2. The molecule has 2 heteroatoms. The van der Waals surface area contributed by atoms with E-state index in [0.717, 1.165) is 6.04 Å². The van der Waals surface area contributed by atoms with Crippen molar-refractivity contribution in [3.05, 3.63) is 6.42 Å². The van der Waals surface area contributed by atoms with Crippen LogP contribution in [0, 0.1) is 6.42 Å². The predicted molar refractivity (Wildman–Crippen MR) is 51.0 cm³/mol. The van der Waals surface area contributed by atoms with E-state index in [4.69, 9.17) is 0 Å². The first-order valence-electron chi connectivity index (χ1n) is 5.23. The lowest BCUT2D eigenvalue weighted by Gasteiger charge is -2.36. The number of hydrogen-bond donors (Lipinski definition) is 1. The van der Waals surface area contributed by atoms with Crippen LogP contribution >= 0.6 is 0 Å². The summed E-state index contributed by atoms with van der Waals surface area (Å²) in [6.45, 7) is 5.05.